The third-order valence-corrected chi connectivity index (χ3v) is 3.58. The first-order valence-electron chi connectivity index (χ1n) is 5.64. The van der Waals surface area contributed by atoms with Crippen LogP contribution < -0.4 is 4.74 Å². The molecule has 1 rings (SSSR count). The standard InChI is InChI=1S/C12H14FNO5S/c1-7(4-12(15)19-3)20-11-6-10(18-2)9(14(16)17)5-8(11)13/h5-7H,4H2,1-3H3. The maximum Gasteiger partial charge on any atom is 0.313 e. The van der Waals surface area contributed by atoms with Gasteiger partial charge in [-0.15, -0.1) is 11.8 Å². The summed E-state index contributed by atoms with van der Waals surface area (Å²) < 4.78 is 23.2. The summed E-state index contributed by atoms with van der Waals surface area (Å²) in [6.07, 6.45) is 0.111. The van der Waals surface area contributed by atoms with Crippen molar-refractivity contribution in [2.24, 2.45) is 0 Å². The summed E-state index contributed by atoms with van der Waals surface area (Å²) >= 11 is 1.09. The van der Waals surface area contributed by atoms with Gasteiger partial charge in [0.15, 0.2) is 5.75 Å². The van der Waals surface area contributed by atoms with E-state index in [0.29, 0.717) is 0 Å². The molecule has 1 unspecified atom stereocenters. The Morgan fingerprint density at radius 1 is 1.50 bits per heavy atom. The first-order valence-corrected chi connectivity index (χ1v) is 6.52. The number of hydrogen-bond acceptors (Lipinski definition) is 6. The maximum atomic E-state index is 13.8. The molecule has 0 aliphatic heterocycles. The summed E-state index contributed by atoms with van der Waals surface area (Å²) in [4.78, 5) is 21.3. The highest BCUT2D eigenvalue weighted by atomic mass is 32.2. The molecule has 0 spiro atoms. The van der Waals surface area contributed by atoms with Gasteiger partial charge in [0.25, 0.3) is 0 Å². The third kappa shape index (κ3) is 4.09. The lowest BCUT2D eigenvalue weighted by atomic mass is 10.3. The minimum Gasteiger partial charge on any atom is -0.490 e. The minimum atomic E-state index is -0.723. The van der Waals surface area contributed by atoms with E-state index in [9.17, 15) is 19.3 Å². The molecule has 8 heteroatoms. The second kappa shape index (κ2) is 7.09. The molecule has 0 aliphatic carbocycles. The molecule has 0 N–H and O–H groups in total. The van der Waals surface area contributed by atoms with Crippen LogP contribution in [0.4, 0.5) is 10.1 Å². The minimum absolute atomic E-state index is 0.0239. The molecule has 1 atom stereocenters. The van der Waals surface area contributed by atoms with Crippen molar-refractivity contribution in [1.29, 1.82) is 0 Å². The zero-order valence-electron chi connectivity index (χ0n) is 11.2. The second-order valence-electron chi connectivity index (χ2n) is 3.92. The number of nitro benzene ring substituents is 1. The van der Waals surface area contributed by atoms with Gasteiger partial charge in [0, 0.05) is 16.2 Å². The van der Waals surface area contributed by atoms with E-state index in [-0.39, 0.29) is 22.3 Å². The van der Waals surface area contributed by atoms with Crippen LogP contribution in [-0.2, 0) is 9.53 Å². The van der Waals surface area contributed by atoms with E-state index < -0.39 is 22.4 Å². The molecule has 0 aromatic heterocycles. The summed E-state index contributed by atoms with van der Waals surface area (Å²) in [5.41, 5.74) is -0.435. The van der Waals surface area contributed by atoms with Gasteiger partial charge in [0.1, 0.15) is 5.82 Å². The lowest BCUT2D eigenvalue weighted by molar-refractivity contribution is -0.386. The molecule has 0 saturated heterocycles. The average Bonchev–Trinajstić information content (AvgIpc) is 2.40. The molecule has 0 saturated carbocycles. The molecule has 6 nitrogen and oxygen atoms in total. The summed E-state index contributed by atoms with van der Waals surface area (Å²) in [7, 11) is 2.54. The molecule has 1 aromatic rings. The molecule has 110 valence electrons. The average molecular weight is 303 g/mol. The van der Waals surface area contributed by atoms with Gasteiger partial charge < -0.3 is 9.47 Å². The van der Waals surface area contributed by atoms with Gasteiger partial charge in [-0.2, -0.15) is 0 Å². The van der Waals surface area contributed by atoms with E-state index in [1.54, 1.807) is 6.92 Å². The van der Waals surface area contributed by atoms with Gasteiger partial charge in [-0.1, -0.05) is 6.92 Å². The molecule has 0 fully saturated rings. The fraction of sp³-hybridized carbons (Fsp3) is 0.417. The summed E-state index contributed by atoms with van der Waals surface area (Å²) in [6.45, 7) is 1.73. The lowest BCUT2D eigenvalue weighted by Crippen LogP contribution is -2.08. The number of benzene rings is 1. The van der Waals surface area contributed by atoms with Crippen LogP contribution in [0.1, 0.15) is 13.3 Å². The van der Waals surface area contributed by atoms with E-state index in [4.69, 9.17) is 4.74 Å². The first-order chi connectivity index (χ1) is 9.38. The lowest BCUT2D eigenvalue weighted by Gasteiger charge is -2.11. The highest BCUT2D eigenvalue weighted by molar-refractivity contribution is 8.00. The number of rotatable bonds is 6. The Hall–Kier alpha value is -1.83. The number of carbonyl (C=O) groups is 1. The van der Waals surface area contributed by atoms with Crippen molar-refractivity contribution < 1.29 is 23.6 Å². The Bertz CT molecular complexity index is 523. The summed E-state index contributed by atoms with van der Waals surface area (Å²) in [5, 5.41) is 10.5. The van der Waals surface area contributed by atoms with Gasteiger partial charge in [-0.25, -0.2) is 4.39 Å². The van der Waals surface area contributed by atoms with Crippen molar-refractivity contribution in [3.63, 3.8) is 0 Å². The number of nitro groups is 1. The van der Waals surface area contributed by atoms with Gasteiger partial charge in [-0.3, -0.25) is 14.9 Å². The summed E-state index contributed by atoms with van der Waals surface area (Å²) in [6, 6.07) is 2.07. The summed E-state index contributed by atoms with van der Waals surface area (Å²) in [5.74, 6) is -1.15. The van der Waals surface area contributed by atoms with Crippen LogP contribution in [0.3, 0.4) is 0 Å². The van der Waals surface area contributed by atoms with E-state index in [2.05, 4.69) is 4.74 Å². The number of hydrogen-bond donors (Lipinski definition) is 0. The van der Waals surface area contributed by atoms with Crippen molar-refractivity contribution in [3.8, 4) is 5.75 Å². The number of esters is 1. The highest BCUT2D eigenvalue weighted by Crippen LogP contribution is 2.36. The smallest absolute Gasteiger partial charge is 0.313 e. The predicted octanol–water partition coefficient (Wildman–Crippen LogP) is 2.79. The second-order valence-corrected chi connectivity index (χ2v) is 5.40. The number of ether oxygens (including phenoxy) is 2. The van der Waals surface area contributed by atoms with Crippen molar-refractivity contribution in [3.05, 3.63) is 28.1 Å². The van der Waals surface area contributed by atoms with E-state index >= 15 is 0 Å². The zero-order valence-corrected chi connectivity index (χ0v) is 12.0. The highest BCUT2D eigenvalue weighted by Gasteiger charge is 2.21. The van der Waals surface area contributed by atoms with E-state index in [0.717, 1.165) is 17.8 Å². The monoisotopic (exact) mass is 303 g/mol. The molecule has 0 heterocycles. The Balaban J connectivity index is 2.96. The van der Waals surface area contributed by atoms with Crippen LogP contribution in [0.15, 0.2) is 17.0 Å². The Morgan fingerprint density at radius 2 is 2.15 bits per heavy atom. The molecule has 20 heavy (non-hydrogen) atoms. The zero-order chi connectivity index (χ0) is 15.3. The van der Waals surface area contributed by atoms with E-state index in [1.165, 1.54) is 20.3 Å². The quantitative estimate of drug-likeness (QED) is 0.348. The fourth-order valence-electron chi connectivity index (χ4n) is 1.50. The molecule has 0 aliphatic rings. The van der Waals surface area contributed by atoms with Crippen molar-refractivity contribution in [2.75, 3.05) is 14.2 Å². The van der Waals surface area contributed by atoms with Crippen molar-refractivity contribution in [2.45, 2.75) is 23.5 Å². The van der Waals surface area contributed by atoms with Gasteiger partial charge >= 0.3 is 11.7 Å². The number of carbonyl (C=O) groups excluding carboxylic acids is 1. The largest absolute Gasteiger partial charge is 0.490 e. The van der Waals surface area contributed by atoms with Gasteiger partial charge in [0.05, 0.1) is 31.6 Å². The van der Waals surface area contributed by atoms with Gasteiger partial charge in [0.2, 0.25) is 0 Å². The van der Waals surface area contributed by atoms with Crippen LogP contribution in [0.2, 0.25) is 0 Å². The van der Waals surface area contributed by atoms with Gasteiger partial charge in [-0.05, 0) is 0 Å². The molecular weight excluding hydrogens is 289 g/mol. The van der Waals surface area contributed by atoms with E-state index in [1.807, 2.05) is 0 Å². The van der Waals surface area contributed by atoms with Crippen molar-refractivity contribution in [1.82, 2.24) is 0 Å². The Kier molecular flexibility index (Phi) is 5.75. The predicted molar refractivity (Wildman–Crippen MR) is 71.6 cm³/mol. The number of halogens is 1. The first kappa shape index (κ1) is 16.2. The van der Waals surface area contributed by atoms with Crippen LogP contribution in [0, 0.1) is 15.9 Å². The van der Waals surface area contributed by atoms with Crippen LogP contribution in [0.25, 0.3) is 0 Å². The SMILES string of the molecule is COC(=O)CC(C)Sc1cc(OC)c([N+](=O)[O-])cc1F. The Morgan fingerprint density at radius 3 is 2.65 bits per heavy atom. The Labute approximate surface area is 119 Å². The topological polar surface area (TPSA) is 78.7 Å². The van der Waals surface area contributed by atoms with Crippen molar-refractivity contribution >= 4 is 23.4 Å². The van der Waals surface area contributed by atoms with Crippen LogP contribution >= 0.6 is 11.8 Å². The number of methoxy groups -OCH3 is 2. The van der Waals surface area contributed by atoms with Crippen LogP contribution in [-0.4, -0.2) is 30.4 Å². The third-order valence-electron chi connectivity index (χ3n) is 2.44. The number of thioether (sulfide) groups is 1. The molecular formula is C12H14FNO5S. The molecule has 1 aromatic carbocycles. The maximum absolute atomic E-state index is 13.8. The fourth-order valence-corrected chi connectivity index (χ4v) is 2.50. The molecule has 0 amide bonds. The molecule has 0 bridgehead atoms. The number of nitrogens with zero attached hydrogens (tertiary/aromatic N) is 1. The normalized spacial score (nSPS) is 11.8. The molecule has 0 radical (unpaired) electrons. The van der Waals surface area contributed by atoms with Crippen LogP contribution in [0.5, 0.6) is 5.75 Å².